The molecule has 0 spiro atoms. The number of carbonyl (C=O) groups is 2. The molecule has 1 aliphatic heterocycles. The number of benzene rings is 2. The Morgan fingerprint density at radius 3 is 2.67 bits per heavy atom. The minimum atomic E-state index is -0.0284. The van der Waals surface area contributed by atoms with Gasteiger partial charge in [0, 0.05) is 24.9 Å². The Kier molecular flexibility index (Phi) is 4.75. The molecule has 4 rings (SSSR count). The first-order chi connectivity index (χ1) is 13.1. The number of imidazole rings is 1. The summed E-state index contributed by atoms with van der Waals surface area (Å²) in [6.07, 6.45) is 2.34. The van der Waals surface area contributed by atoms with Crippen LogP contribution in [0, 0.1) is 6.92 Å². The third-order valence-corrected chi connectivity index (χ3v) is 5.24. The first kappa shape index (κ1) is 17.5. The zero-order valence-electron chi connectivity index (χ0n) is 15.4. The number of rotatable bonds is 5. The number of para-hydroxylation sites is 2. The summed E-state index contributed by atoms with van der Waals surface area (Å²) in [6, 6.07) is 15.4. The van der Waals surface area contributed by atoms with Crippen molar-refractivity contribution in [1.82, 2.24) is 14.9 Å². The molecule has 1 fully saturated rings. The quantitative estimate of drug-likeness (QED) is 0.693. The number of carbonyl (C=O) groups excluding carboxylic acids is 2. The number of H-pyrrole nitrogens is 1. The zero-order chi connectivity index (χ0) is 18.8. The van der Waals surface area contributed by atoms with Crippen molar-refractivity contribution in [3.63, 3.8) is 0 Å². The predicted molar refractivity (Wildman–Crippen MR) is 105 cm³/mol. The number of likely N-dealkylation sites (tertiary alicyclic amines) is 1. The van der Waals surface area contributed by atoms with Gasteiger partial charge in [0.2, 0.25) is 5.91 Å². The Balaban J connectivity index is 1.43. The van der Waals surface area contributed by atoms with Crippen molar-refractivity contribution in [3.05, 3.63) is 65.5 Å². The fraction of sp³-hybridized carbons (Fsp3) is 0.318. The molecule has 2 aromatic carbocycles. The Morgan fingerprint density at radius 1 is 1.11 bits per heavy atom. The van der Waals surface area contributed by atoms with Crippen molar-refractivity contribution < 1.29 is 9.59 Å². The van der Waals surface area contributed by atoms with Gasteiger partial charge in [0.05, 0.1) is 17.1 Å². The summed E-state index contributed by atoms with van der Waals surface area (Å²) in [5, 5.41) is 0. The molecule has 1 atom stereocenters. The van der Waals surface area contributed by atoms with Gasteiger partial charge in [0.1, 0.15) is 5.82 Å². The molecule has 1 aliphatic rings. The number of aryl methyl sites for hydroxylation is 1. The van der Waals surface area contributed by atoms with E-state index in [1.54, 1.807) is 0 Å². The van der Waals surface area contributed by atoms with E-state index in [0.717, 1.165) is 41.8 Å². The average molecular weight is 361 g/mol. The Bertz CT molecular complexity index is 942. The summed E-state index contributed by atoms with van der Waals surface area (Å²) in [5.41, 5.74) is 3.69. The minimum Gasteiger partial charge on any atom is -0.340 e. The highest BCUT2D eigenvalue weighted by atomic mass is 16.2. The number of fused-ring (bicyclic) bond motifs is 1. The largest absolute Gasteiger partial charge is 0.340 e. The van der Waals surface area contributed by atoms with Gasteiger partial charge < -0.3 is 9.88 Å². The van der Waals surface area contributed by atoms with E-state index < -0.39 is 0 Å². The summed E-state index contributed by atoms with van der Waals surface area (Å²) < 4.78 is 0. The lowest BCUT2D eigenvalue weighted by Gasteiger charge is -2.23. The molecule has 0 bridgehead atoms. The topological polar surface area (TPSA) is 66.1 Å². The number of aromatic nitrogens is 2. The van der Waals surface area contributed by atoms with Gasteiger partial charge in [-0.2, -0.15) is 0 Å². The smallest absolute Gasteiger partial charge is 0.223 e. The minimum absolute atomic E-state index is 0.0165. The highest BCUT2D eigenvalue weighted by molar-refractivity contribution is 5.98. The Hall–Kier alpha value is -2.95. The number of nitrogens with one attached hydrogen (secondary N) is 1. The van der Waals surface area contributed by atoms with Crippen LogP contribution in [0.5, 0.6) is 0 Å². The van der Waals surface area contributed by atoms with Crippen LogP contribution in [0.2, 0.25) is 0 Å². The molecule has 5 heteroatoms. The highest BCUT2D eigenvalue weighted by Crippen LogP contribution is 2.32. The van der Waals surface area contributed by atoms with E-state index >= 15 is 0 Å². The lowest BCUT2D eigenvalue weighted by Crippen LogP contribution is -2.31. The van der Waals surface area contributed by atoms with E-state index in [2.05, 4.69) is 9.97 Å². The van der Waals surface area contributed by atoms with Crippen LogP contribution < -0.4 is 0 Å². The Labute approximate surface area is 158 Å². The fourth-order valence-electron chi connectivity index (χ4n) is 3.73. The van der Waals surface area contributed by atoms with Crippen LogP contribution in [0.4, 0.5) is 0 Å². The number of amides is 1. The highest BCUT2D eigenvalue weighted by Gasteiger charge is 2.32. The molecule has 1 unspecified atom stereocenters. The molecule has 138 valence electrons. The van der Waals surface area contributed by atoms with E-state index in [1.165, 1.54) is 0 Å². The summed E-state index contributed by atoms with van der Waals surface area (Å²) >= 11 is 0. The Morgan fingerprint density at radius 2 is 1.89 bits per heavy atom. The molecule has 0 saturated carbocycles. The van der Waals surface area contributed by atoms with Gasteiger partial charge in [0.25, 0.3) is 0 Å². The summed E-state index contributed by atoms with van der Waals surface area (Å²) in [6.45, 7) is 2.71. The lowest BCUT2D eigenvalue weighted by atomic mass is 10.0. The maximum atomic E-state index is 12.8. The van der Waals surface area contributed by atoms with Gasteiger partial charge in [-0.1, -0.05) is 42.0 Å². The lowest BCUT2D eigenvalue weighted by molar-refractivity contribution is -0.132. The molecule has 1 saturated heterocycles. The van der Waals surface area contributed by atoms with E-state index in [-0.39, 0.29) is 30.6 Å². The zero-order valence-corrected chi connectivity index (χ0v) is 15.4. The average Bonchev–Trinajstić information content (AvgIpc) is 3.32. The van der Waals surface area contributed by atoms with Crippen LogP contribution in [0.25, 0.3) is 11.0 Å². The van der Waals surface area contributed by atoms with Gasteiger partial charge in [-0.25, -0.2) is 4.98 Å². The van der Waals surface area contributed by atoms with Crippen molar-refractivity contribution in [2.75, 3.05) is 6.54 Å². The second-order valence-corrected chi connectivity index (χ2v) is 7.17. The second-order valence-electron chi connectivity index (χ2n) is 7.17. The van der Waals surface area contributed by atoms with E-state index in [4.69, 9.17) is 0 Å². The number of Topliss-reactive ketones (excluding diaryl/α,β-unsaturated/α-hetero) is 1. The third-order valence-electron chi connectivity index (χ3n) is 5.24. The summed E-state index contributed by atoms with van der Waals surface area (Å²) in [5.74, 6) is 0.883. The van der Waals surface area contributed by atoms with Crippen LogP contribution in [0.1, 0.15) is 53.5 Å². The molecule has 0 radical (unpaired) electrons. The van der Waals surface area contributed by atoms with Crippen molar-refractivity contribution in [2.24, 2.45) is 0 Å². The van der Waals surface area contributed by atoms with E-state index in [1.807, 2.05) is 60.4 Å². The number of ketones is 1. The second kappa shape index (κ2) is 7.35. The van der Waals surface area contributed by atoms with Gasteiger partial charge in [-0.3, -0.25) is 9.59 Å². The van der Waals surface area contributed by atoms with E-state index in [0.29, 0.717) is 5.56 Å². The molecule has 1 amide bonds. The molecule has 3 aromatic rings. The maximum Gasteiger partial charge on any atom is 0.223 e. The number of hydrogen-bond donors (Lipinski definition) is 1. The number of aromatic amines is 1. The number of hydrogen-bond acceptors (Lipinski definition) is 3. The van der Waals surface area contributed by atoms with Gasteiger partial charge in [-0.15, -0.1) is 0 Å². The molecule has 27 heavy (non-hydrogen) atoms. The van der Waals surface area contributed by atoms with Gasteiger partial charge >= 0.3 is 0 Å². The van der Waals surface area contributed by atoms with Crippen LogP contribution in [0.3, 0.4) is 0 Å². The van der Waals surface area contributed by atoms with Crippen molar-refractivity contribution in [3.8, 4) is 0 Å². The third kappa shape index (κ3) is 3.63. The normalized spacial score (nSPS) is 16.8. The number of nitrogens with zero attached hydrogens (tertiary/aromatic N) is 2. The van der Waals surface area contributed by atoms with Crippen molar-refractivity contribution >= 4 is 22.7 Å². The van der Waals surface area contributed by atoms with Crippen LogP contribution in [-0.2, 0) is 4.79 Å². The van der Waals surface area contributed by atoms with Gasteiger partial charge in [0.15, 0.2) is 5.78 Å². The molecular formula is C22H23N3O2. The standard InChI is InChI=1S/C22H23N3O2/c1-15-8-10-16(11-9-15)20(26)12-13-21(27)25-14-4-7-19(25)22-23-17-5-2-3-6-18(17)24-22/h2-3,5-6,8-11,19H,4,7,12-14H2,1H3,(H,23,24). The maximum absolute atomic E-state index is 12.8. The molecule has 2 heterocycles. The molecule has 0 aliphatic carbocycles. The fourth-order valence-corrected chi connectivity index (χ4v) is 3.73. The molecule has 5 nitrogen and oxygen atoms in total. The predicted octanol–water partition coefficient (Wildman–Crippen LogP) is 4.20. The summed E-state index contributed by atoms with van der Waals surface area (Å²) in [7, 11) is 0. The SMILES string of the molecule is Cc1ccc(C(=O)CCC(=O)N2CCCC2c2nc3ccccc3[nH]2)cc1. The van der Waals surface area contributed by atoms with Gasteiger partial charge in [-0.05, 0) is 31.9 Å². The monoisotopic (exact) mass is 361 g/mol. The van der Waals surface area contributed by atoms with Crippen molar-refractivity contribution in [2.45, 2.75) is 38.6 Å². The first-order valence-electron chi connectivity index (χ1n) is 9.46. The summed E-state index contributed by atoms with van der Waals surface area (Å²) in [4.78, 5) is 35.0. The van der Waals surface area contributed by atoms with Crippen LogP contribution >= 0.6 is 0 Å². The molecule has 1 N–H and O–H groups in total. The van der Waals surface area contributed by atoms with Crippen LogP contribution in [0.15, 0.2) is 48.5 Å². The molecular weight excluding hydrogens is 338 g/mol. The first-order valence-corrected chi connectivity index (χ1v) is 9.46. The molecule has 1 aromatic heterocycles. The van der Waals surface area contributed by atoms with Crippen molar-refractivity contribution in [1.29, 1.82) is 0 Å². The van der Waals surface area contributed by atoms with E-state index in [9.17, 15) is 9.59 Å². The van der Waals surface area contributed by atoms with Crippen LogP contribution in [-0.4, -0.2) is 33.1 Å².